The highest BCUT2D eigenvalue weighted by Crippen LogP contribution is 2.23. The summed E-state index contributed by atoms with van der Waals surface area (Å²) in [5, 5.41) is 12.1. The standard InChI is InChI=1S/C7H7IN2O2/c1-4(2)11-7-6(8)5(3-9)12-10-7/h4H,1-2H3. The highest BCUT2D eigenvalue weighted by Gasteiger charge is 2.14. The Hall–Kier alpha value is -0.770. The molecule has 0 aliphatic rings. The number of ether oxygens (including phenoxy) is 1. The average molecular weight is 278 g/mol. The molecule has 4 nitrogen and oxygen atoms in total. The van der Waals surface area contributed by atoms with Crippen molar-refractivity contribution in [1.29, 1.82) is 5.26 Å². The van der Waals surface area contributed by atoms with Crippen molar-refractivity contribution in [3.63, 3.8) is 0 Å². The van der Waals surface area contributed by atoms with E-state index in [1.165, 1.54) is 0 Å². The summed E-state index contributed by atoms with van der Waals surface area (Å²) in [7, 11) is 0. The molecule has 0 fully saturated rings. The van der Waals surface area contributed by atoms with Crippen LogP contribution in [0.4, 0.5) is 0 Å². The molecule has 0 atom stereocenters. The van der Waals surface area contributed by atoms with Crippen molar-refractivity contribution in [2.45, 2.75) is 20.0 Å². The Morgan fingerprint density at radius 1 is 1.67 bits per heavy atom. The Morgan fingerprint density at radius 2 is 2.33 bits per heavy atom. The molecule has 0 spiro atoms. The lowest BCUT2D eigenvalue weighted by molar-refractivity contribution is 0.216. The van der Waals surface area contributed by atoms with E-state index in [4.69, 9.17) is 14.5 Å². The van der Waals surface area contributed by atoms with Crippen LogP contribution in [0, 0.1) is 14.9 Å². The van der Waals surface area contributed by atoms with Crippen molar-refractivity contribution in [2.75, 3.05) is 0 Å². The predicted molar refractivity (Wildman–Crippen MR) is 49.7 cm³/mol. The van der Waals surface area contributed by atoms with E-state index >= 15 is 0 Å². The van der Waals surface area contributed by atoms with E-state index in [1.807, 2.05) is 42.5 Å². The van der Waals surface area contributed by atoms with Gasteiger partial charge in [-0.2, -0.15) is 5.26 Å². The van der Waals surface area contributed by atoms with Crippen LogP contribution in [0.3, 0.4) is 0 Å². The van der Waals surface area contributed by atoms with Gasteiger partial charge in [0.1, 0.15) is 9.64 Å². The van der Waals surface area contributed by atoms with Crippen molar-refractivity contribution >= 4 is 22.6 Å². The summed E-state index contributed by atoms with van der Waals surface area (Å²) in [6, 6.07) is 1.87. The second kappa shape index (κ2) is 3.76. The summed E-state index contributed by atoms with van der Waals surface area (Å²) in [6.45, 7) is 3.77. The molecular formula is C7H7IN2O2. The second-order valence-electron chi connectivity index (χ2n) is 2.41. The molecule has 0 saturated heterocycles. The van der Waals surface area contributed by atoms with Crippen molar-refractivity contribution in [3.8, 4) is 11.9 Å². The summed E-state index contributed by atoms with van der Waals surface area (Å²) >= 11 is 1.97. The first-order chi connectivity index (χ1) is 5.65. The minimum atomic E-state index is 0.0372. The summed E-state index contributed by atoms with van der Waals surface area (Å²) in [5.74, 6) is 0.591. The Balaban J connectivity index is 2.89. The summed E-state index contributed by atoms with van der Waals surface area (Å²) in [5.41, 5.74) is 0. The van der Waals surface area contributed by atoms with Crippen LogP contribution in [-0.2, 0) is 0 Å². The summed E-state index contributed by atoms with van der Waals surface area (Å²) < 4.78 is 10.6. The molecule has 0 N–H and O–H groups in total. The molecule has 0 aliphatic heterocycles. The van der Waals surface area contributed by atoms with Crippen LogP contribution in [0.2, 0.25) is 0 Å². The van der Waals surface area contributed by atoms with E-state index in [0.29, 0.717) is 9.45 Å². The molecule has 0 radical (unpaired) electrons. The third-order valence-electron chi connectivity index (χ3n) is 1.06. The van der Waals surface area contributed by atoms with E-state index in [0.717, 1.165) is 0 Å². The first-order valence-corrected chi connectivity index (χ1v) is 4.45. The minimum absolute atomic E-state index is 0.0372. The van der Waals surface area contributed by atoms with E-state index in [9.17, 15) is 0 Å². The molecule has 0 unspecified atom stereocenters. The average Bonchev–Trinajstić information content (AvgIpc) is 2.32. The molecule has 64 valence electrons. The third-order valence-corrected chi connectivity index (χ3v) is 2.01. The molecule has 0 bridgehead atoms. The van der Waals surface area contributed by atoms with Gasteiger partial charge in [-0.3, -0.25) is 0 Å². The Labute approximate surface area is 83.6 Å². The molecule has 0 amide bonds. The lowest BCUT2D eigenvalue weighted by Gasteiger charge is -2.04. The molecule has 0 aromatic carbocycles. The fourth-order valence-electron chi connectivity index (χ4n) is 0.630. The monoisotopic (exact) mass is 278 g/mol. The maximum Gasteiger partial charge on any atom is 0.269 e. The van der Waals surface area contributed by atoms with Crippen LogP contribution >= 0.6 is 22.6 Å². The zero-order chi connectivity index (χ0) is 9.14. The van der Waals surface area contributed by atoms with Gasteiger partial charge in [0.25, 0.3) is 11.6 Å². The van der Waals surface area contributed by atoms with Gasteiger partial charge in [0, 0.05) is 0 Å². The quantitative estimate of drug-likeness (QED) is 0.776. The Morgan fingerprint density at radius 3 is 2.75 bits per heavy atom. The Kier molecular flexibility index (Phi) is 2.92. The van der Waals surface area contributed by atoms with E-state index in [2.05, 4.69) is 5.16 Å². The largest absolute Gasteiger partial charge is 0.472 e. The first kappa shape index (κ1) is 9.32. The lowest BCUT2D eigenvalue weighted by atomic mass is 10.4. The molecule has 12 heavy (non-hydrogen) atoms. The van der Waals surface area contributed by atoms with Gasteiger partial charge in [0.05, 0.1) is 6.10 Å². The van der Waals surface area contributed by atoms with Gasteiger partial charge < -0.3 is 9.26 Å². The fraction of sp³-hybridized carbons (Fsp3) is 0.429. The van der Waals surface area contributed by atoms with E-state index < -0.39 is 0 Å². The molecule has 1 rings (SSSR count). The number of nitriles is 1. The lowest BCUT2D eigenvalue weighted by Crippen LogP contribution is -2.06. The minimum Gasteiger partial charge on any atom is -0.472 e. The Bertz CT molecular complexity index is 314. The number of hydrogen-bond donors (Lipinski definition) is 0. The topological polar surface area (TPSA) is 59.1 Å². The zero-order valence-electron chi connectivity index (χ0n) is 6.67. The van der Waals surface area contributed by atoms with E-state index in [1.54, 1.807) is 0 Å². The number of hydrogen-bond acceptors (Lipinski definition) is 4. The van der Waals surface area contributed by atoms with Gasteiger partial charge in [-0.25, -0.2) is 0 Å². The van der Waals surface area contributed by atoms with Gasteiger partial charge in [-0.05, 0) is 41.6 Å². The molecule has 0 saturated carbocycles. The maximum atomic E-state index is 8.52. The van der Waals surface area contributed by atoms with Crippen molar-refractivity contribution in [3.05, 3.63) is 9.33 Å². The van der Waals surface area contributed by atoms with Gasteiger partial charge in [0.15, 0.2) is 0 Å². The SMILES string of the molecule is CC(C)Oc1noc(C#N)c1I. The third kappa shape index (κ3) is 1.88. The van der Waals surface area contributed by atoms with Crippen molar-refractivity contribution in [1.82, 2.24) is 5.16 Å². The number of aromatic nitrogens is 1. The van der Waals surface area contributed by atoms with Crippen LogP contribution in [0.1, 0.15) is 19.6 Å². The van der Waals surface area contributed by atoms with Gasteiger partial charge in [0.2, 0.25) is 0 Å². The molecular weight excluding hydrogens is 271 g/mol. The molecule has 0 aliphatic carbocycles. The summed E-state index contributed by atoms with van der Waals surface area (Å²) in [4.78, 5) is 0. The van der Waals surface area contributed by atoms with Crippen LogP contribution in [0.5, 0.6) is 5.88 Å². The smallest absolute Gasteiger partial charge is 0.269 e. The summed E-state index contributed by atoms with van der Waals surface area (Å²) in [6.07, 6.45) is 0.0372. The first-order valence-electron chi connectivity index (χ1n) is 3.37. The number of halogens is 1. The molecule has 1 heterocycles. The predicted octanol–water partition coefficient (Wildman–Crippen LogP) is 1.94. The molecule has 1 aromatic rings. The van der Waals surface area contributed by atoms with Crippen LogP contribution in [-0.4, -0.2) is 11.3 Å². The fourth-order valence-corrected chi connectivity index (χ4v) is 1.08. The normalized spacial score (nSPS) is 9.92. The van der Waals surface area contributed by atoms with Gasteiger partial charge in [-0.15, -0.1) is 0 Å². The number of rotatable bonds is 2. The van der Waals surface area contributed by atoms with E-state index in [-0.39, 0.29) is 11.9 Å². The highest BCUT2D eigenvalue weighted by molar-refractivity contribution is 14.1. The second-order valence-corrected chi connectivity index (χ2v) is 3.49. The van der Waals surface area contributed by atoms with Crippen LogP contribution < -0.4 is 4.74 Å². The van der Waals surface area contributed by atoms with Gasteiger partial charge >= 0.3 is 0 Å². The zero-order valence-corrected chi connectivity index (χ0v) is 8.82. The van der Waals surface area contributed by atoms with Crippen LogP contribution in [0.15, 0.2) is 4.52 Å². The van der Waals surface area contributed by atoms with Crippen molar-refractivity contribution < 1.29 is 9.26 Å². The van der Waals surface area contributed by atoms with Crippen LogP contribution in [0.25, 0.3) is 0 Å². The van der Waals surface area contributed by atoms with Crippen molar-refractivity contribution in [2.24, 2.45) is 0 Å². The maximum absolute atomic E-state index is 8.52. The highest BCUT2D eigenvalue weighted by atomic mass is 127. The van der Waals surface area contributed by atoms with Gasteiger partial charge in [-0.1, -0.05) is 0 Å². The number of nitrogens with zero attached hydrogens (tertiary/aromatic N) is 2. The molecule has 5 heteroatoms. The molecule has 1 aromatic heterocycles.